The van der Waals surface area contributed by atoms with E-state index in [0.717, 1.165) is 32.3 Å². The van der Waals surface area contributed by atoms with Gasteiger partial charge in [0.05, 0.1) is 6.10 Å². The van der Waals surface area contributed by atoms with Gasteiger partial charge in [0.2, 0.25) is 0 Å². The van der Waals surface area contributed by atoms with Crippen LogP contribution >= 0.6 is 0 Å². The highest BCUT2D eigenvalue weighted by Gasteiger charge is 2.15. The first-order valence-corrected chi connectivity index (χ1v) is 7.73. The van der Waals surface area contributed by atoms with Crippen LogP contribution < -0.4 is 5.73 Å². The lowest BCUT2D eigenvalue weighted by atomic mass is 9.97. The molecule has 2 rings (SSSR count). The third-order valence-corrected chi connectivity index (χ3v) is 4.06. The zero-order valence-electron chi connectivity index (χ0n) is 12.1. The van der Waals surface area contributed by atoms with Crippen molar-refractivity contribution in [1.29, 1.82) is 0 Å². The fourth-order valence-corrected chi connectivity index (χ4v) is 2.75. The molecule has 1 aliphatic rings. The molecule has 0 radical (unpaired) electrons. The second kappa shape index (κ2) is 7.66. The van der Waals surface area contributed by atoms with E-state index in [2.05, 4.69) is 31.2 Å². The van der Waals surface area contributed by atoms with E-state index < -0.39 is 0 Å². The van der Waals surface area contributed by atoms with Crippen molar-refractivity contribution in [3.8, 4) is 0 Å². The molecule has 0 aliphatic carbocycles. The molecule has 0 aromatic heterocycles. The van der Waals surface area contributed by atoms with Crippen LogP contribution in [0.25, 0.3) is 0 Å². The summed E-state index contributed by atoms with van der Waals surface area (Å²) in [6.07, 6.45) is 8.50. The van der Waals surface area contributed by atoms with Gasteiger partial charge in [0.25, 0.3) is 0 Å². The Kier molecular flexibility index (Phi) is 5.87. The van der Waals surface area contributed by atoms with Crippen LogP contribution in [0.3, 0.4) is 0 Å². The molecule has 106 valence electrons. The lowest BCUT2D eigenvalue weighted by Gasteiger charge is -2.23. The summed E-state index contributed by atoms with van der Waals surface area (Å²) in [5.74, 6) is 0. The maximum Gasteiger partial charge on any atom is 0.0575 e. The molecule has 1 heterocycles. The zero-order valence-corrected chi connectivity index (χ0v) is 12.1. The Bertz CT molecular complexity index is 354. The third-order valence-electron chi connectivity index (χ3n) is 4.06. The van der Waals surface area contributed by atoms with Gasteiger partial charge in [0.15, 0.2) is 0 Å². The van der Waals surface area contributed by atoms with Crippen molar-refractivity contribution in [2.45, 2.75) is 64.0 Å². The lowest BCUT2D eigenvalue weighted by Crippen LogP contribution is -2.27. The normalized spacial score (nSPS) is 21.3. The summed E-state index contributed by atoms with van der Waals surface area (Å²) < 4.78 is 5.75. The Morgan fingerprint density at radius 2 is 1.95 bits per heavy atom. The van der Waals surface area contributed by atoms with Crippen molar-refractivity contribution in [2.75, 3.05) is 6.61 Å². The van der Waals surface area contributed by atoms with Crippen LogP contribution in [-0.4, -0.2) is 18.8 Å². The van der Waals surface area contributed by atoms with Crippen LogP contribution in [0.15, 0.2) is 24.3 Å². The van der Waals surface area contributed by atoms with Gasteiger partial charge in [-0.1, -0.05) is 31.2 Å². The molecule has 19 heavy (non-hydrogen) atoms. The molecule has 1 fully saturated rings. The molecule has 1 aliphatic heterocycles. The summed E-state index contributed by atoms with van der Waals surface area (Å²) in [4.78, 5) is 0. The fourth-order valence-electron chi connectivity index (χ4n) is 2.75. The molecule has 0 spiro atoms. The standard InChI is InChI=1S/C17H27NO/c1-2-14-6-8-15(9-7-14)13-16(18)10-11-17-5-3-4-12-19-17/h6-9,16-17H,2-5,10-13,18H2,1H3. The van der Waals surface area contributed by atoms with E-state index >= 15 is 0 Å². The van der Waals surface area contributed by atoms with Crippen molar-refractivity contribution in [3.05, 3.63) is 35.4 Å². The van der Waals surface area contributed by atoms with Crippen molar-refractivity contribution in [2.24, 2.45) is 5.73 Å². The van der Waals surface area contributed by atoms with Crippen LogP contribution in [0.5, 0.6) is 0 Å². The first-order chi connectivity index (χ1) is 9.28. The number of benzene rings is 1. The number of rotatable bonds is 6. The van der Waals surface area contributed by atoms with E-state index in [9.17, 15) is 0 Å². The average molecular weight is 261 g/mol. The van der Waals surface area contributed by atoms with Crippen LogP contribution in [0, 0.1) is 0 Å². The van der Waals surface area contributed by atoms with Gasteiger partial charge in [0, 0.05) is 12.6 Å². The Hall–Kier alpha value is -0.860. The number of ether oxygens (including phenoxy) is 1. The van der Waals surface area contributed by atoms with Gasteiger partial charge in [-0.05, 0) is 56.1 Å². The SMILES string of the molecule is CCc1ccc(CC(N)CCC2CCCCO2)cc1. The molecule has 2 nitrogen and oxygen atoms in total. The van der Waals surface area contributed by atoms with Gasteiger partial charge in [-0.3, -0.25) is 0 Å². The summed E-state index contributed by atoms with van der Waals surface area (Å²) in [6, 6.07) is 9.13. The summed E-state index contributed by atoms with van der Waals surface area (Å²) in [5, 5.41) is 0. The van der Waals surface area contributed by atoms with E-state index in [0.29, 0.717) is 6.10 Å². The summed E-state index contributed by atoms with van der Waals surface area (Å²) in [6.45, 7) is 3.13. The first-order valence-electron chi connectivity index (χ1n) is 7.73. The Balaban J connectivity index is 1.71. The van der Waals surface area contributed by atoms with E-state index in [1.54, 1.807) is 0 Å². The highest BCUT2D eigenvalue weighted by Crippen LogP contribution is 2.18. The second-order valence-corrected chi connectivity index (χ2v) is 5.70. The van der Waals surface area contributed by atoms with Crippen molar-refractivity contribution in [3.63, 3.8) is 0 Å². The third kappa shape index (κ3) is 4.96. The molecule has 2 N–H and O–H groups in total. The van der Waals surface area contributed by atoms with Crippen molar-refractivity contribution < 1.29 is 4.74 Å². The summed E-state index contributed by atoms with van der Waals surface area (Å²) in [5.41, 5.74) is 8.99. The lowest BCUT2D eigenvalue weighted by molar-refractivity contribution is 0.00915. The monoisotopic (exact) mass is 261 g/mol. The van der Waals surface area contributed by atoms with Crippen molar-refractivity contribution >= 4 is 0 Å². The van der Waals surface area contributed by atoms with E-state index in [4.69, 9.17) is 10.5 Å². The predicted molar refractivity (Wildman–Crippen MR) is 80.3 cm³/mol. The minimum absolute atomic E-state index is 0.262. The Morgan fingerprint density at radius 1 is 1.21 bits per heavy atom. The maximum atomic E-state index is 6.24. The number of hydrogen-bond acceptors (Lipinski definition) is 2. The summed E-state index contributed by atoms with van der Waals surface area (Å²) >= 11 is 0. The van der Waals surface area contributed by atoms with E-state index in [1.807, 2.05) is 0 Å². The molecule has 2 unspecified atom stereocenters. The Labute approximate surface area is 117 Å². The fraction of sp³-hybridized carbons (Fsp3) is 0.647. The molecule has 0 amide bonds. The van der Waals surface area contributed by atoms with Crippen LogP contribution in [0.4, 0.5) is 0 Å². The van der Waals surface area contributed by atoms with Gasteiger partial charge in [-0.25, -0.2) is 0 Å². The molecule has 2 heteroatoms. The number of nitrogens with two attached hydrogens (primary N) is 1. The molecule has 0 bridgehead atoms. The molecule has 1 saturated heterocycles. The average Bonchev–Trinajstić information content (AvgIpc) is 2.47. The molecular weight excluding hydrogens is 234 g/mol. The second-order valence-electron chi connectivity index (χ2n) is 5.70. The van der Waals surface area contributed by atoms with E-state index in [-0.39, 0.29) is 6.04 Å². The quantitative estimate of drug-likeness (QED) is 0.851. The first kappa shape index (κ1) is 14.5. The van der Waals surface area contributed by atoms with Gasteiger partial charge in [0.1, 0.15) is 0 Å². The molecule has 2 atom stereocenters. The highest BCUT2D eigenvalue weighted by molar-refractivity contribution is 5.23. The van der Waals surface area contributed by atoms with Gasteiger partial charge in [-0.2, -0.15) is 0 Å². The number of hydrogen-bond donors (Lipinski definition) is 1. The maximum absolute atomic E-state index is 6.24. The van der Waals surface area contributed by atoms with Crippen molar-refractivity contribution in [1.82, 2.24) is 0 Å². The van der Waals surface area contributed by atoms with Gasteiger partial charge in [-0.15, -0.1) is 0 Å². The van der Waals surface area contributed by atoms with Crippen LogP contribution in [-0.2, 0) is 17.6 Å². The largest absolute Gasteiger partial charge is 0.378 e. The minimum Gasteiger partial charge on any atom is -0.378 e. The Morgan fingerprint density at radius 3 is 2.58 bits per heavy atom. The molecule has 0 saturated carbocycles. The summed E-state index contributed by atoms with van der Waals surface area (Å²) in [7, 11) is 0. The molecular formula is C17H27NO. The molecule has 1 aromatic carbocycles. The molecule has 1 aromatic rings. The minimum atomic E-state index is 0.262. The zero-order chi connectivity index (χ0) is 13.5. The predicted octanol–water partition coefficient (Wildman–Crippen LogP) is 3.47. The number of aryl methyl sites for hydroxylation is 1. The van der Waals surface area contributed by atoms with Gasteiger partial charge >= 0.3 is 0 Å². The van der Waals surface area contributed by atoms with Gasteiger partial charge < -0.3 is 10.5 Å². The van der Waals surface area contributed by atoms with Crippen LogP contribution in [0.2, 0.25) is 0 Å². The van der Waals surface area contributed by atoms with E-state index in [1.165, 1.54) is 30.4 Å². The highest BCUT2D eigenvalue weighted by atomic mass is 16.5. The topological polar surface area (TPSA) is 35.2 Å². The van der Waals surface area contributed by atoms with Crippen LogP contribution in [0.1, 0.15) is 50.2 Å². The smallest absolute Gasteiger partial charge is 0.0575 e.